The van der Waals surface area contributed by atoms with Crippen LogP contribution in [0, 0.1) is 6.92 Å². The first-order valence-corrected chi connectivity index (χ1v) is 18.2. The van der Waals surface area contributed by atoms with Gasteiger partial charge < -0.3 is 0 Å². The van der Waals surface area contributed by atoms with Crippen molar-refractivity contribution < 1.29 is 0 Å². The molecule has 1 aromatic rings. The second-order valence-corrected chi connectivity index (χ2v) is 13.4. The van der Waals surface area contributed by atoms with E-state index >= 15 is 0 Å². The lowest BCUT2D eigenvalue weighted by Gasteiger charge is -2.03. The summed E-state index contributed by atoms with van der Waals surface area (Å²) in [6, 6.07) is 2.50. The van der Waals surface area contributed by atoms with Crippen LogP contribution in [-0.2, 0) is 12.8 Å². The Kier molecular flexibility index (Phi) is 25.6. The van der Waals surface area contributed by atoms with Crippen LogP contribution in [0.3, 0.4) is 0 Å². The summed E-state index contributed by atoms with van der Waals surface area (Å²) < 4.78 is 0. The maximum absolute atomic E-state index is 2.50. The van der Waals surface area contributed by atoms with Gasteiger partial charge in [-0.3, -0.25) is 0 Å². The Bertz CT molecular complexity index is 571. The topological polar surface area (TPSA) is 0 Å². The Morgan fingerprint density at radius 3 is 1.05 bits per heavy atom. The summed E-state index contributed by atoms with van der Waals surface area (Å²) in [6.07, 6.45) is 41.8. The molecule has 0 bridgehead atoms. The van der Waals surface area contributed by atoms with E-state index in [1.54, 1.807) is 15.3 Å². The second-order valence-electron chi connectivity index (χ2n) is 12.2. The average Bonchev–Trinajstić information content (AvgIpc) is 3.26. The van der Waals surface area contributed by atoms with Gasteiger partial charge in [-0.15, -0.1) is 11.3 Å². The quantitative estimate of drug-likeness (QED) is 0.0900. The maximum Gasteiger partial charge on any atom is 0.00773 e. The molecule has 1 aromatic heterocycles. The number of thiophene rings is 1. The molecular weight excluding hydrogens is 464 g/mol. The molecule has 0 aliphatic carbocycles. The standard InChI is InChI=1S/C36H68S/c1-4-6-8-10-12-14-16-18-20-21-23-25-27-29-31-35-33-34(3)36(37-35)32-30-28-26-24-22-19-17-15-13-11-9-7-5-2/h33H,4-32H2,1-3H3. The summed E-state index contributed by atoms with van der Waals surface area (Å²) in [5, 5.41) is 0. The smallest absolute Gasteiger partial charge is 0.00773 e. The highest BCUT2D eigenvalue weighted by Crippen LogP contribution is 2.26. The number of rotatable bonds is 29. The second kappa shape index (κ2) is 27.3. The van der Waals surface area contributed by atoms with Gasteiger partial charge in [0.15, 0.2) is 0 Å². The van der Waals surface area contributed by atoms with Gasteiger partial charge in [0.25, 0.3) is 0 Å². The third kappa shape index (κ3) is 22.2. The Labute approximate surface area is 239 Å². The van der Waals surface area contributed by atoms with Gasteiger partial charge in [-0.25, -0.2) is 0 Å². The molecule has 0 unspecified atom stereocenters. The summed E-state index contributed by atoms with van der Waals surface area (Å²) in [5.74, 6) is 0. The van der Waals surface area contributed by atoms with Gasteiger partial charge in [0.1, 0.15) is 0 Å². The van der Waals surface area contributed by atoms with E-state index in [-0.39, 0.29) is 0 Å². The van der Waals surface area contributed by atoms with Crippen LogP contribution in [0.15, 0.2) is 6.07 Å². The number of aryl methyl sites for hydroxylation is 3. The highest BCUT2D eigenvalue weighted by Gasteiger charge is 2.06. The average molecular weight is 533 g/mol. The molecule has 218 valence electrons. The van der Waals surface area contributed by atoms with Crippen LogP contribution in [0.2, 0.25) is 0 Å². The van der Waals surface area contributed by atoms with E-state index in [4.69, 9.17) is 0 Å². The van der Waals surface area contributed by atoms with Crippen LogP contribution in [-0.4, -0.2) is 0 Å². The molecule has 1 heteroatoms. The van der Waals surface area contributed by atoms with Gasteiger partial charge in [-0.1, -0.05) is 174 Å². The van der Waals surface area contributed by atoms with Crippen molar-refractivity contribution >= 4 is 11.3 Å². The summed E-state index contributed by atoms with van der Waals surface area (Å²) in [5.41, 5.74) is 1.57. The van der Waals surface area contributed by atoms with Crippen molar-refractivity contribution in [3.05, 3.63) is 21.4 Å². The summed E-state index contributed by atoms with van der Waals surface area (Å²) in [7, 11) is 0. The third-order valence-corrected chi connectivity index (χ3v) is 9.71. The normalized spacial score (nSPS) is 11.5. The fourth-order valence-electron chi connectivity index (χ4n) is 5.76. The Morgan fingerprint density at radius 1 is 0.405 bits per heavy atom. The molecular formula is C36H68S. The minimum atomic E-state index is 1.32. The van der Waals surface area contributed by atoms with Crippen molar-refractivity contribution in [2.45, 2.75) is 207 Å². The van der Waals surface area contributed by atoms with Gasteiger partial charge in [-0.2, -0.15) is 0 Å². The molecule has 0 amide bonds. The molecule has 0 atom stereocenters. The zero-order valence-corrected chi connectivity index (χ0v) is 26.8. The van der Waals surface area contributed by atoms with Crippen molar-refractivity contribution in [2.75, 3.05) is 0 Å². The number of unbranched alkanes of at least 4 members (excludes halogenated alkanes) is 25. The fourth-order valence-corrected chi connectivity index (χ4v) is 7.02. The van der Waals surface area contributed by atoms with Gasteiger partial charge in [-0.05, 0) is 44.2 Å². The summed E-state index contributed by atoms with van der Waals surface area (Å²) in [6.45, 7) is 6.96. The first-order valence-electron chi connectivity index (χ1n) is 17.4. The van der Waals surface area contributed by atoms with Gasteiger partial charge >= 0.3 is 0 Å². The Balaban J connectivity index is 1.89. The molecule has 0 aliphatic heterocycles. The molecule has 0 aliphatic rings. The molecule has 0 fully saturated rings. The van der Waals surface area contributed by atoms with E-state index in [0.29, 0.717) is 0 Å². The van der Waals surface area contributed by atoms with Crippen molar-refractivity contribution in [1.29, 1.82) is 0 Å². The molecule has 0 radical (unpaired) electrons. The minimum absolute atomic E-state index is 1.32. The van der Waals surface area contributed by atoms with Crippen LogP contribution in [0.4, 0.5) is 0 Å². The third-order valence-electron chi connectivity index (χ3n) is 8.36. The van der Waals surface area contributed by atoms with Crippen LogP contribution in [0.25, 0.3) is 0 Å². The van der Waals surface area contributed by atoms with E-state index in [9.17, 15) is 0 Å². The molecule has 0 aromatic carbocycles. The largest absolute Gasteiger partial charge is 0.145 e. The number of hydrogen-bond donors (Lipinski definition) is 0. The highest BCUT2D eigenvalue weighted by atomic mass is 32.1. The zero-order chi connectivity index (χ0) is 26.7. The van der Waals surface area contributed by atoms with E-state index in [0.717, 1.165) is 0 Å². The van der Waals surface area contributed by atoms with Crippen LogP contribution in [0.5, 0.6) is 0 Å². The molecule has 37 heavy (non-hydrogen) atoms. The zero-order valence-electron chi connectivity index (χ0n) is 26.0. The van der Waals surface area contributed by atoms with E-state index in [1.165, 1.54) is 186 Å². The molecule has 0 saturated heterocycles. The number of hydrogen-bond acceptors (Lipinski definition) is 1. The first kappa shape index (κ1) is 34.7. The Hall–Kier alpha value is -0.300. The van der Waals surface area contributed by atoms with Crippen LogP contribution < -0.4 is 0 Å². The maximum atomic E-state index is 2.50. The first-order chi connectivity index (χ1) is 18.3. The van der Waals surface area contributed by atoms with Crippen molar-refractivity contribution in [1.82, 2.24) is 0 Å². The SMILES string of the molecule is CCCCCCCCCCCCCCCCc1cc(C)c(CCCCCCCCCCCCCCC)s1. The van der Waals surface area contributed by atoms with Crippen molar-refractivity contribution in [3.8, 4) is 0 Å². The van der Waals surface area contributed by atoms with E-state index in [2.05, 4.69) is 38.2 Å². The molecule has 0 saturated carbocycles. The van der Waals surface area contributed by atoms with Gasteiger partial charge in [0.2, 0.25) is 0 Å². The minimum Gasteiger partial charge on any atom is -0.145 e. The lowest BCUT2D eigenvalue weighted by molar-refractivity contribution is 0.536. The lowest BCUT2D eigenvalue weighted by atomic mass is 10.0. The molecule has 0 nitrogen and oxygen atoms in total. The Morgan fingerprint density at radius 2 is 0.703 bits per heavy atom. The highest BCUT2D eigenvalue weighted by molar-refractivity contribution is 7.12. The molecule has 0 spiro atoms. The van der Waals surface area contributed by atoms with E-state index in [1.807, 2.05) is 0 Å². The monoisotopic (exact) mass is 533 g/mol. The van der Waals surface area contributed by atoms with E-state index < -0.39 is 0 Å². The predicted molar refractivity (Wildman–Crippen MR) is 172 cm³/mol. The molecule has 1 heterocycles. The van der Waals surface area contributed by atoms with Crippen LogP contribution >= 0.6 is 11.3 Å². The summed E-state index contributed by atoms with van der Waals surface area (Å²) in [4.78, 5) is 3.34. The van der Waals surface area contributed by atoms with Gasteiger partial charge in [0, 0.05) is 9.75 Å². The molecule has 0 N–H and O–H groups in total. The fraction of sp³-hybridized carbons (Fsp3) is 0.889. The summed E-state index contributed by atoms with van der Waals surface area (Å²) >= 11 is 2.13. The van der Waals surface area contributed by atoms with Crippen molar-refractivity contribution in [3.63, 3.8) is 0 Å². The lowest BCUT2D eigenvalue weighted by Crippen LogP contribution is -1.86. The van der Waals surface area contributed by atoms with Gasteiger partial charge in [0.05, 0.1) is 0 Å². The predicted octanol–water partition coefficient (Wildman–Crippen LogP) is 13.7. The van der Waals surface area contributed by atoms with Crippen molar-refractivity contribution in [2.24, 2.45) is 0 Å². The molecule has 1 rings (SSSR count). The van der Waals surface area contributed by atoms with Crippen LogP contribution in [0.1, 0.15) is 203 Å².